The molecular formula is C12H15NO4. The molecule has 2 rings (SSSR count). The molecule has 0 spiro atoms. The Bertz CT molecular complexity index is 491. The molecule has 2 atom stereocenters. The number of fused-ring (bicyclic) bond motifs is 1. The SMILES string of the molecule is CC1CCn2ccc(C(=O)O)c2C1(C)C(=O)O. The van der Waals surface area contributed by atoms with Crippen molar-refractivity contribution in [1.82, 2.24) is 4.57 Å². The zero-order valence-electron chi connectivity index (χ0n) is 9.80. The van der Waals surface area contributed by atoms with E-state index in [1.54, 1.807) is 17.7 Å². The first-order valence-corrected chi connectivity index (χ1v) is 5.55. The van der Waals surface area contributed by atoms with Crippen molar-refractivity contribution in [1.29, 1.82) is 0 Å². The van der Waals surface area contributed by atoms with Gasteiger partial charge in [-0.15, -0.1) is 0 Å². The number of carboxylic acid groups (broad SMARTS) is 2. The summed E-state index contributed by atoms with van der Waals surface area (Å²) in [6.07, 6.45) is 2.40. The number of nitrogens with zero attached hydrogens (tertiary/aromatic N) is 1. The molecule has 17 heavy (non-hydrogen) atoms. The Balaban J connectivity index is 2.69. The van der Waals surface area contributed by atoms with Crippen molar-refractivity contribution in [3.63, 3.8) is 0 Å². The van der Waals surface area contributed by atoms with E-state index in [1.165, 1.54) is 6.07 Å². The summed E-state index contributed by atoms with van der Waals surface area (Å²) in [5.41, 5.74) is -0.618. The van der Waals surface area contributed by atoms with Gasteiger partial charge in [0, 0.05) is 18.4 Å². The van der Waals surface area contributed by atoms with Crippen LogP contribution in [-0.2, 0) is 16.8 Å². The van der Waals surface area contributed by atoms with Crippen molar-refractivity contribution >= 4 is 11.9 Å². The molecule has 0 radical (unpaired) electrons. The van der Waals surface area contributed by atoms with Gasteiger partial charge in [-0.2, -0.15) is 0 Å². The molecule has 1 aliphatic heterocycles. The summed E-state index contributed by atoms with van der Waals surface area (Å²) in [5, 5.41) is 18.6. The van der Waals surface area contributed by atoms with Gasteiger partial charge in [-0.05, 0) is 25.3 Å². The summed E-state index contributed by atoms with van der Waals surface area (Å²) in [6, 6.07) is 1.48. The predicted octanol–water partition coefficient (Wildman–Crippen LogP) is 1.57. The van der Waals surface area contributed by atoms with Crippen molar-refractivity contribution < 1.29 is 19.8 Å². The molecule has 0 amide bonds. The van der Waals surface area contributed by atoms with Crippen LogP contribution in [0, 0.1) is 5.92 Å². The minimum Gasteiger partial charge on any atom is -0.481 e. The largest absolute Gasteiger partial charge is 0.481 e. The zero-order chi connectivity index (χ0) is 12.8. The summed E-state index contributed by atoms with van der Waals surface area (Å²) < 4.78 is 1.75. The van der Waals surface area contributed by atoms with Crippen molar-refractivity contribution in [2.45, 2.75) is 32.2 Å². The minimum absolute atomic E-state index is 0.0829. The molecule has 0 saturated heterocycles. The first-order valence-electron chi connectivity index (χ1n) is 5.55. The summed E-state index contributed by atoms with van der Waals surface area (Å²) in [6.45, 7) is 4.14. The third-order valence-corrected chi connectivity index (χ3v) is 3.92. The van der Waals surface area contributed by atoms with E-state index in [9.17, 15) is 14.7 Å². The Kier molecular flexibility index (Phi) is 2.49. The fourth-order valence-electron chi connectivity index (χ4n) is 2.58. The maximum Gasteiger partial charge on any atom is 0.337 e. The normalized spacial score (nSPS) is 27.5. The third kappa shape index (κ3) is 1.45. The van der Waals surface area contributed by atoms with Crippen molar-refractivity contribution in [3.05, 3.63) is 23.5 Å². The smallest absolute Gasteiger partial charge is 0.337 e. The molecule has 5 nitrogen and oxygen atoms in total. The molecule has 0 aromatic carbocycles. The number of carboxylic acids is 2. The van der Waals surface area contributed by atoms with E-state index in [0.717, 1.165) is 6.42 Å². The molecule has 1 aromatic rings. The molecule has 92 valence electrons. The third-order valence-electron chi connectivity index (χ3n) is 3.92. The molecule has 2 unspecified atom stereocenters. The van der Waals surface area contributed by atoms with Gasteiger partial charge in [0.1, 0.15) is 5.41 Å². The minimum atomic E-state index is -1.13. The molecule has 5 heteroatoms. The van der Waals surface area contributed by atoms with Gasteiger partial charge in [-0.1, -0.05) is 6.92 Å². The highest BCUT2D eigenvalue weighted by Crippen LogP contribution is 2.40. The number of rotatable bonds is 2. The second-order valence-electron chi connectivity index (χ2n) is 4.77. The highest BCUT2D eigenvalue weighted by molar-refractivity contribution is 5.93. The first-order chi connectivity index (χ1) is 7.89. The topological polar surface area (TPSA) is 79.5 Å². The van der Waals surface area contributed by atoms with Crippen LogP contribution in [0.4, 0.5) is 0 Å². The molecule has 2 N–H and O–H groups in total. The molecule has 0 saturated carbocycles. The van der Waals surface area contributed by atoms with Crippen LogP contribution < -0.4 is 0 Å². The van der Waals surface area contributed by atoms with E-state index in [4.69, 9.17) is 5.11 Å². The molecule has 0 fully saturated rings. The van der Waals surface area contributed by atoms with Crippen molar-refractivity contribution in [3.8, 4) is 0 Å². The molecule has 1 aromatic heterocycles. The molecular weight excluding hydrogens is 222 g/mol. The second kappa shape index (κ2) is 3.61. The van der Waals surface area contributed by atoms with E-state index >= 15 is 0 Å². The van der Waals surface area contributed by atoms with Crippen LogP contribution in [0.3, 0.4) is 0 Å². The Morgan fingerprint density at radius 2 is 2.12 bits per heavy atom. The van der Waals surface area contributed by atoms with Crippen LogP contribution in [0.1, 0.15) is 36.3 Å². The summed E-state index contributed by atoms with van der Waals surface area (Å²) in [7, 11) is 0. The van der Waals surface area contributed by atoms with Gasteiger partial charge in [0.2, 0.25) is 0 Å². The van der Waals surface area contributed by atoms with Crippen LogP contribution in [-0.4, -0.2) is 26.7 Å². The van der Waals surface area contributed by atoms with Gasteiger partial charge in [-0.3, -0.25) is 4.79 Å². The number of carbonyl (C=O) groups is 2. The average Bonchev–Trinajstić information content (AvgIpc) is 2.68. The number of aliphatic carboxylic acids is 1. The molecule has 2 heterocycles. The van der Waals surface area contributed by atoms with Gasteiger partial charge in [0.25, 0.3) is 0 Å². The van der Waals surface area contributed by atoms with Gasteiger partial charge < -0.3 is 14.8 Å². The number of aromatic carboxylic acids is 1. The lowest BCUT2D eigenvalue weighted by atomic mass is 9.70. The maximum absolute atomic E-state index is 11.5. The van der Waals surface area contributed by atoms with Crippen molar-refractivity contribution in [2.75, 3.05) is 0 Å². The standard InChI is InChI=1S/C12H15NO4/c1-7-3-5-13-6-4-8(10(14)15)9(13)12(7,2)11(16)17/h4,6-7H,3,5H2,1-2H3,(H,14,15)(H,16,17). The van der Waals surface area contributed by atoms with Crippen LogP contribution in [0.2, 0.25) is 0 Å². The van der Waals surface area contributed by atoms with Crippen LogP contribution in [0.5, 0.6) is 0 Å². The Morgan fingerprint density at radius 3 is 2.65 bits per heavy atom. The number of aryl methyl sites for hydroxylation is 1. The van der Waals surface area contributed by atoms with E-state index in [0.29, 0.717) is 12.2 Å². The lowest BCUT2D eigenvalue weighted by molar-refractivity contribution is -0.146. The lowest BCUT2D eigenvalue weighted by Gasteiger charge is -2.37. The summed E-state index contributed by atoms with van der Waals surface area (Å²) in [5.74, 6) is -2.12. The average molecular weight is 237 g/mol. The zero-order valence-corrected chi connectivity index (χ0v) is 9.80. The van der Waals surface area contributed by atoms with E-state index in [-0.39, 0.29) is 11.5 Å². The van der Waals surface area contributed by atoms with Gasteiger partial charge in [-0.25, -0.2) is 4.79 Å². The first kappa shape index (κ1) is 11.7. The van der Waals surface area contributed by atoms with Crippen LogP contribution in [0.15, 0.2) is 12.3 Å². The fourth-order valence-corrected chi connectivity index (χ4v) is 2.58. The highest BCUT2D eigenvalue weighted by atomic mass is 16.4. The highest BCUT2D eigenvalue weighted by Gasteiger charge is 2.47. The van der Waals surface area contributed by atoms with Gasteiger partial charge in [0.05, 0.1) is 5.56 Å². The molecule has 1 aliphatic rings. The van der Waals surface area contributed by atoms with E-state index < -0.39 is 17.4 Å². The van der Waals surface area contributed by atoms with E-state index in [2.05, 4.69) is 0 Å². The van der Waals surface area contributed by atoms with Crippen LogP contribution >= 0.6 is 0 Å². The summed E-state index contributed by atoms with van der Waals surface area (Å²) in [4.78, 5) is 22.7. The number of aromatic nitrogens is 1. The van der Waals surface area contributed by atoms with Crippen LogP contribution in [0.25, 0.3) is 0 Å². The lowest BCUT2D eigenvalue weighted by Crippen LogP contribution is -2.45. The van der Waals surface area contributed by atoms with Crippen molar-refractivity contribution in [2.24, 2.45) is 5.92 Å². The molecule has 0 bridgehead atoms. The fraction of sp³-hybridized carbons (Fsp3) is 0.500. The maximum atomic E-state index is 11.5. The van der Waals surface area contributed by atoms with E-state index in [1.807, 2.05) is 6.92 Å². The summed E-state index contributed by atoms with van der Waals surface area (Å²) >= 11 is 0. The second-order valence-corrected chi connectivity index (χ2v) is 4.77. The van der Waals surface area contributed by atoms with Gasteiger partial charge >= 0.3 is 11.9 Å². The monoisotopic (exact) mass is 237 g/mol. The Morgan fingerprint density at radius 1 is 1.47 bits per heavy atom. The Labute approximate surface area is 98.7 Å². The number of hydrogen-bond acceptors (Lipinski definition) is 2. The number of hydrogen-bond donors (Lipinski definition) is 2. The quantitative estimate of drug-likeness (QED) is 0.818. The predicted molar refractivity (Wildman–Crippen MR) is 60.2 cm³/mol. The molecule has 0 aliphatic carbocycles. The Hall–Kier alpha value is -1.78. The van der Waals surface area contributed by atoms with Gasteiger partial charge in [0.15, 0.2) is 0 Å².